The van der Waals surface area contributed by atoms with E-state index in [1.165, 1.54) is 4.31 Å². The van der Waals surface area contributed by atoms with Crippen molar-refractivity contribution in [3.8, 4) is 0 Å². The quantitative estimate of drug-likeness (QED) is 0.789. The third kappa shape index (κ3) is 3.70. The molecule has 1 aromatic heterocycles. The standard InChI is InChI=1S/C15H25N3O3S/c1-17(22(19,20)10-6-14-3-2-9-21-14)11-13-4-5-15-16-7-8-18(15)12-13/h7-8,13-14H,2-6,9-12H2,1H3/t13-,14+/m0/s1. The highest BCUT2D eigenvalue weighted by Gasteiger charge is 2.26. The van der Waals surface area contributed by atoms with Crippen LogP contribution in [0.15, 0.2) is 12.4 Å². The van der Waals surface area contributed by atoms with Gasteiger partial charge in [-0.15, -0.1) is 0 Å². The van der Waals surface area contributed by atoms with E-state index in [1.54, 1.807) is 7.05 Å². The zero-order valence-electron chi connectivity index (χ0n) is 13.1. The van der Waals surface area contributed by atoms with Gasteiger partial charge in [-0.25, -0.2) is 17.7 Å². The average Bonchev–Trinajstić information content (AvgIpc) is 3.16. The summed E-state index contributed by atoms with van der Waals surface area (Å²) in [5.41, 5.74) is 0. The largest absolute Gasteiger partial charge is 0.378 e. The molecule has 2 atom stereocenters. The van der Waals surface area contributed by atoms with Crippen LogP contribution >= 0.6 is 0 Å². The molecular weight excluding hydrogens is 302 g/mol. The maximum atomic E-state index is 12.4. The fourth-order valence-electron chi connectivity index (χ4n) is 3.37. The van der Waals surface area contributed by atoms with E-state index in [9.17, 15) is 8.42 Å². The smallest absolute Gasteiger partial charge is 0.213 e. The van der Waals surface area contributed by atoms with Gasteiger partial charge in [-0.3, -0.25) is 0 Å². The first-order valence-corrected chi connectivity index (χ1v) is 9.71. The van der Waals surface area contributed by atoms with E-state index < -0.39 is 10.0 Å². The molecule has 0 aliphatic carbocycles. The summed E-state index contributed by atoms with van der Waals surface area (Å²) < 4.78 is 34.0. The highest BCUT2D eigenvalue weighted by molar-refractivity contribution is 7.89. The lowest BCUT2D eigenvalue weighted by molar-refractivity contribution is 0.108. The highest BCUT2D eigenvalue weighted by Crippen LogP contribution is 2.21. The van der Waals surface area contributed by atoms with Crippen molar-refractivity contribution in [3.63, 3.8) is 0 Å². The Bertz CT molecular complexity index is 593. The number of fused-ring (bicyclic) bond motifs is 1. The molecule has 0 bridgehead atoms. The van der Waals surface area contributed by atoms with Crippen molar-refractivity contribution in [2.45, 2.75) is 44.8 Å². The molecule has 1 aromatic rings. The molecule has 1 fully saturated rings. The normalized spacial score (nSPS) is 25.5. The van der Waals surface area contributed by atoms with E-state index in [-0.39, 0.29) is 11.9 Å². The van der Waals surface area contributed by atoms with Crippen LogP contribution in [0.25, 0.3) is 0 Å². The number of aromatic nitrogens is 2. The molecule has 0 saturated carbocycles. The van der Waals surface area contributed by atoms with E-state index in [1.807, 2.05) is 12.4 Å². The fraction of sp³-hybridized carbons (Fsp3) is 0.800. The molecular formula is C15H25N3O3S. The Hall–Kier alpha value is -0.920. The van der Waals surface area contributed by atoms with E-state index >= 15 is 0 Å². The van der Waals surface area contributed by atoms with Crippen molar-refractivity contribution in [2.75, 3.05) is 26.0 Å². The van der Waals surface area contributed by atoms with Gasteiger partial charge in [0.1, 0.15) is 5.82 Å². The minimum absolute atomic E-state index is 0.131. The van der Waals surface area contributed by atoms with Crippen molar-refractivity contribution in [2.24, 2.45) is 5.92 Å². The SMILES string of the molecule is CN(C[C@@H]1CCc2nccn2C1)S(=O)(=O)CC[C@H]1CCCO1. The Balaban J connectivity index is 1.51. The number of aryl methyl sites for hydroxylation is 1. The predicted octanol–water partition coefficient (Wildman–Crippen LogP) is 1.28. The number of hydrogen-bond donors (Lipinski definition) is 0. The summed E-state index contributed by atoms with van der Waals surface area (Å²) in [4.78, 5) is 4.31. The van der Waals surface area contributed by atoms with Crippen LogP contribution in [0.4, 0.5) is 0 Å². The van der Waals surface area contributed by atoms with E-state index in [2.05, 4.69) is 9.55 Å². The van der Waals surface area contributed by atoms with Gasteiger partial charge in [0, 0.05) is 45.6 Å². The van der Waals surface area contributed by atoms with Crippen molar-refractivity contribution in [3.05, 3.63) is 18.2 Å². The first-order valence-electron chi connectivity index (χ1n) is 8.10. The monoisotopic (exact) mass is 327 g/mol. The summed E-state index contributed by atoms with van der Waals surface area (Å²) in [5, 5.41) is 0. The lowest BCUT2D eigenvalue weighted by Gasteiger charge is -2.28. The van der Waals surface area contributed by atoms with Crippen molar-refractivity contribution < 1.29 is 13.2 Å². The molecule has 6 nitrogen and oxygen atoms in total. The van der Waals surface area contributed by atoms with E-state index in [0.717, 1.165) is 44.7 Å². The van der Waals surface area contributed by atoms with Gasteiger partial charge in [0.2, 0.25) is 10.0 Å². The zero-order chi connectivity index (χ0) is 15.6. The maximum Gasteiger partial charge on any atom is 0.213 e. The molecule has 1 saturated heterocycles. The van der Waals surface area contributed by atoms with Gasteiger partial charge in [-0.1, -0.05) is 0 Å². The van der Waals surface area contributed by atoms with Crippen LogP contribution in [0, 0.1) is 5.92 Å². The number of nitrogens with zero attached hydrogens (tertiary/aromatic N) is 3. The Morgan fingerprint density at radius 3 is 3.09 bits per heavy atom. The summed E-state index contributed by atoms with van der Waals surface area (Å²) in [6.07, 6.45) is 8.52. The molecule has 0 amide bonds. The van der Waals surface area contributed by atoms with Gasteiger partial charge in [0.25, 0.3) is 0 Å². The summed E-state index contributed by atoms with van der Waals surface area (Å²) in [6.45, 7) is 2.22. The lowest BCUT2D eigenvalue weighted by Crippen LogP contribution is -2.37. The molecule has 3 rings (SSSR count). The second-order valence-electron chi connectivity index (χ2n) is 6.42. The van der Waals surface area contributed by atoms with E-state index in [0.29, 0.717) is 18.9 Å². The summed E-state index contributed by atoms with van der Waals surface area (Å²) in [6, 6.07) is 0. The molecule has 0 N–H and O–H groups in total. The number of ether oxygens (including phenoxy) is 1. The van der Waals surface area contributed by atoms with Crippen LogP contribution in [0.2, 0.25) is 0 Å². The summed E-state index contributed by atoms with van der Waals surface area (Å²) in [7, 11) is -1.48. The summed E-state index contributed by atoms with van der Waals surface area (Å²) in [5.74, 6) is 1.67. The number of imidazole rings is 1. The third-order valence-corrected chi connectivity index (χ3v) is 6.60. The molecule has 0 unspecified atom stereocenters. The molecule has 3 heterocycles. The summed E-state index contributed by atoms with van der Waals surface area (Å²) >= 11 is 0. The van der Waals surface area contributed by atoms with Crippen LogP contribution in [0.5, 0.6) is 0 Å². The molecule has 0 spiro atoms. The van der Waals surface area contributed by atoms with Crippen LogP contribution in [-0.4, -0.2) is 54.3 Å². The van der Waals surface area contributed by atoms with Gasteiger partial charge in [-0.05, 0) is 31.6 Å². The third-order valence-electron chi connectivity index (χ3n) is 4.74. The Labute approximate surface area is 132 Å². The maximum absolute atomic E-state index is 12.4. The van der Waals surface area contributed by atoms with Gasteiger partial charge in [0.15, 0.2) is 0 Å². The second-order valence-corrected chi connectivity index (χ2v) is 8.62. The molecule has 2 aliphatic heterocycles. The minimum Gasteiger partial charge on any atom is -0.378 e. The Kier molecular flexibility index (Phi) is 4.84. The van der Waals surface area contributed by atoms with Crippen LogP contribution in [0.1, 0.15) is 31.5 Å². The molecule has 7 heteroatoms. The van der Waals surface area contributed by atoms with Crippen LogP contribution in [0.3, 0.4) is 0 Å². The molecule has 0 radical (unpaired) electrons. The van der Waals surface area contributed by atoms with Crippen molar-refractivity contribution >= 4 is 10.0 Å². The minimum atomic E-state index is -3.18. The Morgan fingerprint density at radius 1 is 1.45 bits per heavy atom. The molecule has 22 heavy (non-hydrogen) atoms. The predicted molar refractivity (Wildman–Crippen MR) is 84.0 cm³/mol. The van der Waals surface area contributed by atoms with Crippen molar-refractivity contribution in [1.82, 2.24) is 13.9 Å². The topological polar surface area (TPSA) is 64.4 Å². The second kappa shape index (κ2) is 6.68. The van der Waals surface area contributed by atoms with Gasteiger partial charge in [0.05, 0.1) is 11.9 Å². The first-order chi connectivity index (χ1) is 10.5. The number of hydrogen-bond acceptors (Lipinski definition) is 4. The van der Waals surface area contributed by atoms with Crippen LogP contribution < -0.4 is 0 Å². The average molecular weight is 327 g/mol. The van der Waals surface area contributed by atoms with Crippen molar-refractivity contribution in [1.29, 1.82) is 0 Å². The molecule has 124 valence electrons. The zero-order valence-corrected chi connectivity index (χ0v) is 14.0. The van der Waals surface area contributed by atoms with Gasteiger partial charge >= 0.3 is 0 Å². The van der Waals surface area contributed by atoms with Gasteiger partial charge in [-0.2, -0.15) is 0 Å². The lowest BCUT2D eigenvalue weighted by atomic mass is 10.00. The highest BCUT2D eigenvalue weighted by atomic mass is 32.2. The first kappa shape index (κ1) is 16.0. The number of sulfonamides is 1. The van der Waals surface area contributed by atoms with Gasteiger partial charge < -0.3 is 9.30 Å². The molecule has 2 aliphatic rings. The fourth-order valence-corrected chi connectivity index (χ4v) is 4.68. The van der Waals surface area contributed by atoms with E-state index in [4.69, 9.17) is 4.74 Å². The Morgan fingerprint density at radius 2 is 2.32 bits per heavy atom. The number of rotatable bonds is 6. The molecule has 0 aromatic carbocycles. The van der Waals surface area contributed by atoms with Crippen LogP contribution in [-0.2, 0) is 27.7 Å².